The number of ether oxygens (including phenoxy) is 1. The summed E-state index contributed by atoms with van der Waals surface area (Å²) in [7, 11) is 1.43. The monoisotopic (exact) mass is 231 g/mol. The second kappa shape index (κ2) is 5.15. The van der Waals surface area contributed by atoms with E-state index in [1.54, 1.807) is 0 Å². The topological polar surface area (TPSA) is 38.3 Å². The van der Waals surface area contributed by atoms with Gasteiger partial charge >= 0.3 is 5.97 Å². The minimum Gasteiger partial charge on any atom is -0.466 e. The van der Waals surface area contributed by atoms with Crippen LogP contribution in [0.5, 0.6) is 0 Å². The second-order valence-electron chi connectivity index (χ2n) is 4.19. The maximum Gasteiger partial charge on any atom is 0.335 e. The predicted octanol–water partition coefficient (Wildman–Crippen LogP) is 1.91. The zero-order valence-electron chi connectivity index (χ0n) is 10.2. The van der Waals surface area contributed by atoms with Gasteiger partial charge in [0.2, 0.25) is 0 Å². The van der Waals surface area contributed by atoms with Gasteiger partial charge in [-0.15, -0.1) is 0 Å². The quantitative estimate of drug-likeness (QED) is 0.790. The third kappa shape index (κ3) is 2.39. The van der Waals surface area contributed by atoms with Crippen molar-refractivity contribution in [3.63, 3.8) is 0 Å². The van der Waals surface area contributed by atoms with Gasteiger partial charge in [-0.3, -0.25) is 0 Å². The molecular formula is C14H17NO2. The van der Waals surface area contributed by atoms with Gasteiger partial charge in [0.05, 0.1) is 12.7 Å². The molecule has 3 nitrogen and oxygen atoms in total. The highest BCUT2D eigenvalue weighted by molar-refractivity contribution is 5.98. The smallest absolute Gasteiger partial charge is 0.335 e. The number of hydrogen-bond acceptors (Lipinski definition) is 3. The molecule has 2 rings (SSSR count). The minimum absolute atomic E-state index is 0.226. The lowest BCUT2D eigenvalue weighted by molar-refractivity contribution is -0.136. The fraction of sp³-hybridized carbons (Fsp3) is 0.357. The van der Waals surface area contributed by atoms with E-state index in [4.69, 9.17) is 4.74 Å². The molecule has 1 heterocycles. The fourth-order valence-corrected chi connectivity index (χ4v) is 2.21. The predicted molar refractivity (Wildman–Crippen MR) is 67.6 cm³/mol. The van der Waals surface area contributed by atoms with Gasteiger partial charge in [0, 0.05) is 6.54 Å². The van der Waals surface area contributed by atoms with Gasteiger partial charge in [0.15, 0.2) is 0 Å². The van der Waals surface area contributed by atoms with Crippen molar-refractivity contribution in [1.29, 1.82) is 0 Å². The SMILES string of the molecule is COC(=O)C1=C(c2ccccc2C)CCNC1. The molecule has 1 aromatic rings. The van der Waals surface area contributed by atoms with Gasteiger partial charge in [-0.05, 0) is 36.6 Å². The van der Waals surface area contributed by atoms with E-state index in [2.05, 4.69) is 24.4 Å². The van der Waals surface area contributed by atoms with E-state index in [0.717, 1.165) is 29.7 Å². The standard InChI is InChI=1S/C14H17NO2/c1-10-5-3-4-6-11(10)12-7-8-15-9-13(12)14(16)17-2/h3-6,15H,7-9H2,1-2H3. The van der Waals surface area contributed by atoms with Gasteiger partial charge in [-0.1, -0.05) is 24.3 Å². The minimum atomic E-state index is -0.226. The van der Waals surface area contributed by atoms with Crippen LogP contribution in [0.3, 0.4) is 0 Å². The second-order valence-corrected chi connectivity index (χ2v) is 4.19. The molecule has 0 saturated carbocycles. The maximum absolute atomic E-state index is 11.7. The summed E-state index contributed by atoms with van der Waals surface area (Å²) in [6.45, 7) is 3.57. The first-order valence-corrected chi connectivity index (χ1v) is 5.81. The van der Waals surface area contributed by atoms with Crippen LogP contribution in [-0.2, 0) is 9.53 Å². The summed E-state index contributed by atoms with van der Waals surface area (Å²) >= 11 is 0. The fourth-order valence-electron chi connectivity index (χ4n) is 2.21. The Kier molecular flexibility index (Phi) is 3.59. The molecule has 1 aliphatic heterocycles. The molecular weight excluding hydrogens is 214 g/mol. The van der Waals surface area contributed by atoms with E-state index in [1.165, 1.54) is 12.7 Å². The molecule has 1 N–H and O–H groups in total. The first kappa shape index (κ1) is 11.9. The normalized spacial score (nSPS) is 15.9. The van der Waals surface area contributed by atoms with Crippen LogP contribution in [0.4, 0.5) is 0 Å². The summed E-state index contributed by atoms with van der Waals surface area (Å²) in [6.07, 6.45) is 0.870. The van der Waals surface area contributed by atoms with Gasteiger partial charge in [0.25, 0.3) is 0 Å². The van der Waals surface area contributed by atoms with Gasteiger partial charge in [-0.2, -0.15) is 0 Å². The molecule has 0 amide bonds. The Balaban J connectivity index is 2.49. The van der Waals surface area contributed by atoms with Crippen LogP contribution in [-0.4, -0.2) is 26.2 Å². The average Bonchev–Trinajstić information content (AvgIpc) is 2.38. The van der Waals surface area contributed by atoms with Crippen molar-refractivity contribution in [3.05, 3.63) is 41.0 Å². The van der Waals surface area contributed by atoms with Crippen molar-refractivity contribution in [3.8, 4) is 0 Å². The number of rotatable bonds is 2. The molecule has 17 heavy (non-hydrogen) atoms. The third-order valence-electron chi connectivity index (χ3n) is 3.12. The van der Waals surface area contributed by atoms with Crippen molar-refractivity contribution >= 4 is 11.5 Å². The lowest BCUT2D eigenvalue weighted by atomic mass is 9.91. The molecule has 0 bridgehead atoms. The molecule has 1 aromatic carbocycles. The number of carbonyl (C=O) groups excluding carboxylic acids is 1. The molecule has 0 unspecified atom stereocenters. The Morgan fingerprint density at radius 2 is 2.12 bits per heavy atom. The van der Waals surface area contributed by atoms with E-state index in [1.807, 2.05) is 12.1 Å². The molecule has 90 valence electrons. The zero-order chi connectivity index (χ0) is 12.3. The number of nitrogens with one attached hydrogen (secondary N) is 1. The number of esters is 1. The van der Waals surface area contributed by atoms with E-state index in [-0.39, 0.29) is 5.97 Å². The lowest BCUT2D eigenvalue weighted by Gasteiger charge is -2.21. The number of aryl methyl sites for hydroxylation is 1. The number of methoxy groups -OCH3 is 1. The molecule has 0 spiro atoms. The molecule has 0 aromatic heterocycles. The van der Waals surface area contributed by atoms with Crippen molar-refractivity contribution in [2.24, 2.45) is 0 Å². The summed E-state index contributed by atoms with van der Waals surface area (Å²) in [4.78, 5) is 11.7. The Hall–Kier alpha value is -1.61. The highest BCUT2D eigenvalue weighted by Crippen LogP contribution is 2.27. The highest BCUT2D eigenvalue weighted by atomic mass is 16.5. The zero-order valence-corrected chi connectivity index (χ0v) is 10.2. The molecule has 0 aliphatic carbocycles. The number of benzene rings is 1. The first-order chi connectivity index (χ1) is 8.24. The van der Waals surface area contributed by atoms with Crippen LogP contribution in [0.25, 0.3) is 5.57 Å². The van der Waals surface area contributed by atoms with Crippen LogP contribution in [0, 0.1) is 6.92 Å². The Bertz CT molecular complexity index is 463. The summed E-state index contributed by atoms with van der Waals surface area (Å²) in [5.41, 5.74) is 4.24. The highest BCUT2D eigenvalue weighted by Gasteiger charge is 2.21. The molecule has 0 atom stereocenters. The summed E-state index contributed by atoms with van der Waals surface area (Å²) in [6, 6.07) is 8.16. The van der Waals surface area contributed by atoms with Gasteiger partial charge in [-0.25, -0.2) is 4.79 Å². The van der Waals surface area contributed by atoms with Gasteiger partial charge < -0.3 is 10.1 Å². The van der Waals surface area contributed by atoms with Crippen LogP contribution >= 0.6 is 0 Å². The average molecular weight is 231 g/mol. The Morgan fingerprint density at radius 1 is 1.35 bits per heavy atom. The van der Waals surface area contributed by atoms with Crippen LogP contribution in [0.15, 0.2) is 29.8 Å². The molecule has 0 fully saturated rings. The van der Waals surface area contributed by atoms with Crippen molar-refractivity contribution in [2.75, 3.05) is 20.2 Å². The number of carbonyl (C=O) groups is 1. The van der Waals surface area contributed by atoms with Crippen LogP contribution in [0.2, 0.25) is 0 Å². The lowest BCUT2D eigenvalue weighted by Crippen LogP contribution is -2.29. The van der Waals surface area contributed by atoms with E-state index in [0.29, 0.717) is 6.54 Å². The number of hydrogen-bond donors (Lipinski definition) is 1. The molecule has 0 saturated heterocycles. The largest absolute Gasteiger partial charge is 0.466 e. The van der Waals surface area contributed by atoms with E-state index < -0.39 is 0 Å². The van der Waals surface area contributed by atoms with Crippen molar-refractivity contribution < 1.29 is 9.53 Å². The van der Waals surface area contributed by atoms with E-state index >= 15 is 0 Å². The van der Waals surface area contributed by atoms with E-state index in [9.17, 15) is 4.79 Å². The Labute approximate surface area is 101 Å². The summed E-state index contributed by atoms with van der Waals surface area (Å²) < 4.78 is 4.84. The Morgan fingerprint density at radius 3 is 2.82 bits per heavy atom. The van der Waals surface area contributed by atoms with Gasteiger partial charge in [0.1, 0.15) is 0 Å². The summed E-state index contributed by atoms with van der Waals surface area (Å²) in [5, 5.41) is 3.21. The third-order valence-corrected chi connectivity index (χ3v) is 3.12. The maximum atomic E-state index is 11.7. The first-order valence-electron chi connectivity index (χ1n) is 5.81. The van der Waals surface area contributed by atoms with Crippen molar-refractivity contribution in [1.82, 2.24) is 5.32 Å². The molecule has 0 radical (unpaired) electrons. The molecule has 1 aliphatic rings. The van der Waals surface area contributed by atoms with Crippen LogP contribution in [0.1, 0.15) is 17.5 Å². The van der Waals surface area contributed by atoms with Crippen molar-refractivity contribution in [2.45, 2.75) is 13.3 Å². The summed E-state index contributed by atoms with van der Waals surface area (Å²) in [5.74, 6) is -0.226. The molecule has 3 heteroatoms. The van der Waals surface area contributed by atoms with Crippen LogP contribution < -0.4 is 5.32 Å².